The van der Waals surface area contributed by atoms with Gasteiger partial charge in [-0.2, -0.15) is 28.1 Å². The zero-order valence-electron chi connectivity index (χ0n) is 13.4. The number of halogens is 4. The van der Waals surface area contributed by atoms with Crippen molar-refractivity contribution in [3.63, 3.8) is 0 Å². The number of benzene rings is 1. The summed E-state index contributed by atoms with van der Waals surface area (Å²) in [6.07, 6.45) is -4.44. The SMILES string of the molecule is Cc1ccc(CNc2nc(Cl)nc(Nc3cccc(C(F)(F)F)c3)n2)o1. The number of furan rings is 1. The second-order valence-corrected chi connectivity index (χ2v) is 5.66. The molecule has 3 rings (SSSR count). The maximum Gasteiger partial charge on any atom is 0.416 e. The van der Waals surface area contributed by atoms with Gasteiger partial charge >= 0.3 is 6.18 Å². The van der Waals surface area contributed by atoms with Crippen LogP contribution in [-0.2, 0) is 12.7 Å². The molecule has 6 nitrogen and oxygen atoms in total. The van der Waals surface area contributed by atoms with E-state index in [2.05, 4.69) is 25.6 Å². The quantitative estimate of drug-likeness (QED) is 0.659. The molecule has 0 amide bonds. The van der Waals surface area contributed by atoms with Gasteiger partial charge in [0.05, 0.1) is 12.1 Å². The first-order valence-electron chi connectivity index (χ1n) is 7.44. The molecule has 2 N–H and O–H groups in total. The molecule has 0 bridgehead atoms. The summed E-state index contributed by atoms with van der Waals surface area (Å²) in [7, 11) is 0. The van der Waals surface area contributed by atoms with Crippen molar-refractivity contribution in [2.75, 3.05) is 10.6 Å². The third-order valence-electron chi connectivity index (χ3n) is 3.27. The molecule has 0 saturated carbocycles. The number of aryl methyl sites for hydroxylation is 1. The van der Waals surface area contributed by atoms with Crippen LogP contribution in [0.15, 0.2) is 40.8 Å². The molecule has 0 unspecified atom stereocenters. The highest BCUT2D eigenvalue weighted by molar-refractivity contribution is 6.28. The summed E-state index contributed by atoms with van der Waals surface area (Å²) in [5.74, 6) is 1.62. The zero-order valence-corrected chi connectivity index (χ0v) is 14.2. The van der Waals surface area contributed by atoms with Gasteiger partial charge in [-0.05, 0) is 48.9 Å². The second-order valence-electron chi connectivity index (χ2n) is 5.32. The number of alkyl halides is 3. The number of hydrogen-bond acceptors (Lipinski definition) is 6. The van der Waals surface area contributed by atoms with Gasteiger partial charge in [0.15, 0.2) is 0 Å². The lowest BCUT2D eigenvalue weighted by Gasteiger charge is -2.10. The van der Waals surface area contributed by atoms with Crippen LogP contribution in [0.3, 0.4) is 0 Å². The minimum atomic E-state index is -4.44. The van der Waals surface area contributed by atoms with Crippen LogP contribution in [0.4, 0.5) is 30.8 Å². The van der Waals surface area contributed by atoms with Gasteiger partial charge in [-0.15, -0.1) is 0 Å². The van der Waals surface area contributed by atoms with Crippen LogP contribution in [0.2, 0.25) is 5.28 Å². The Kier molecular flexibility index (Phi) is 4.99. The van der Waals surface area contributed by atoms with E-state index in [0.717, 1.165) is 17.9 Å². The largest absolute Gasteiger partial charge is 0.465 e. The van der Waals surface area contributed by atoms with Gasteiger partial charge in [0.1, 0.15) is 11.5 Å². The fourth-order valence-electron chi connectivity index (χ4n) is 2.13. The fourth-order valence-corrected chi connectivity index (χ4v) is 2.29. The Morgan fingerprint density at radius 2 is 1.85 bits per heavy atom. The van der Waals surface area contributed by atoms with Gasteiger partial charge in [-0.25, -0.2) is 0 Å². The molecule has 10 heteroatoms. The highest BCUT2D eigenvalue weighted by Crippen LogP contribution is 2.31. The Labute approximate surface area is 151 Å². The Bertz CT molecular complexity index is 913. The average Bonchev–Trinajstić information content (AvgIpc) is 2.97. The van der Waals surface area contributed by atoms with Crippen molar-refractivity contribution in [2.24, 2.45) is 0 Å². The van der Waals surface area contributed by atoms with E-state index >= 15 is 0 Å². The van der Waals surface area contributed by atoms with Crippen LogP contribution >= 0.6 is 11.6 Å². The molecule has 136 valence electrons. The number of nitrogens with one attached hydrogen (secondary N) is 2. The highest BCUT2D eigenvalue weighted by atomic mass is 35.5. The van der Waals surface area contributed by atoms with Crippen molar-refractivity contribution in [1.29, 1.82) is 0 Å². The van der Waals surface area contributed by atoms with Crippen LogP contribution in [0.1, 0.15) is 17.1 Å². The molecular weight excluding hydrogens is 371 g/mol. The molecule has 0 saturated heterocycles. The summed E-state index contributed by atoms with van der Waals surface area (Å²) < 4.78 is 43.8. The summed E-state index contributed by atoms with van der Waals surface area (Å²) >= 11 is 5.86. The zero-order chi connectivity index (χ0) is 18.7. The molecular formula is C16H13ClF3N5O. The van der Waals surface area contributed by atoms with Gasteiger partial charge in [0.2, 0.25) is 17.2 Å². The molecule has 0 aliphatic carbocycles. The Hall–Kier alpha value is -2.81. The molecule has 2 aromatic heterocycles. The topological polar surface area (TPSA) is 75.9 Å². The summed E-state index contributed by atoms with van der Waals surface area (Å²) in [5, 5.41) is 5.50. The van der Waals surface area contributed by atoms with E-state index in [-0.39, 0.29) is 22.9 Å². The maximum atomic E-state index is 12.8. The first kappa shape index (κ1) is 18.0. The van der Waals surface area contributed by atoms with E-state index in [4.69, 9.17) is 16.0 Å². The summed E-state index contributed by atoms with van der Waals surface area (Å²) in [4.78, 5) is 11.9. The van der Waals surface area contributed by atoms with Crippen molar-refractivity contribution >= 4 is 29.2 Å². The first-order valence-corrected chi connectivity index (χ1v) is 7.82. The van der Waals surface area contributed by atoms with Crippen molar-refractivity contribution in [3.05, 3.63) is 58.8 Å². The molecule has 3 aromatic rings. The van der Waals surface area contributed by atoms with Crippen LogP contribution < -0.4 is 10.6 Å². The minimum absolute atomic E-state index is 0.0162. The second kappa shape index (κ2) is 7.20. The summed E-state index contributed by atoms with van der Waals surface area (Å²) in [6, 6.07) is 8.29. The van der Waals surface area contributed by atoms with Crippen molar-refractivity contribution < 1.29 is 17.6 Å². The van der Waals surface area contributed by atoms with Gasteiger partial charge in [0, 0.05) is 5.69 Å². The molecule has 26 heavy (non-hydrogen) atoms. The lowest BCUT2D eigenvalue weighted by atomic mass is 10.2. The third-order valence-corrected chi connectivity index (χ3v) is 3.44. The third kappa shape index (κ3) is 4.63. The van der Waals surface area contributed by atoms with Crippen LogP contribution in [0.5, 0.6) is 0 Å². The molecule has 0 fully saturated rings. The average molecular weight is 384 g/mol. The highest BCUT2D eigenvalue weighted by Gasteiger charge is 2.30. The number of rotatable bonds is 5. The molecule has 0 aliphatic rings. The van der Waals surface area contributed by atoms with Gasteiger partial charge in [0.25, 0.3) is 0 Å². The van der Waals surface area contributed by atoms with E-state index in [1.54, 1.807) is 6.07 Å². The fraction of sp³-hybridized carbons (Fsp3) is 0.188. The lowest BCUT2D eigenvalue weighted by molar-refractivity contribution is -0.137. The predicted octanol–water partition coefficient (Wildman–Crippen LogP) is 4.80. The van der Waals surface area contributed by atoms with E-state index in [0.29, 0.717) is 12.3 Å². The number of aromatic nitrogens is 3. The van der Waals surface area contributed by atoms with Crippen LogP contribution in [-0.4, -0.2) is 15.0 Å². The monoisotopic (exact) mass is 383 g/mol. The lowest BCUT2D eigenvalue weighted by Crippen LogP contribution is -2.08. The molecule has 0 aliphatic heterocycles. The van der Waals surface area contributed by atoms with Crippen molar-refractivity contribution in [1.82, 2.24) is 15.0 Å². The maximum absolute atomic E-state index is 12.8. The van der Waals surface area contributed by atoms with E-state index in [9.17, 15) is 13.2 Å². The minimum Gasteiger partial charge on any atom is -0.465 e. The van der Waals surface area contributed by atoms with Crippen molar-refractivity contribution in [3.8, 4) is 0 Å². The molecule has 2 heterocycles. The molecule has 0 spiro atoms. The van der Waals surface area contributed by atoms with Gasteiger partial charge in [-0.3, -0.25) is 0 Å². The van der Waals surface area contributed by atoms with E-state index in [1.807, 2.05) is 13.0 Å². The Morgan fingerprint density at radius 1 is 1.08 bits per heavy atom. The van der Waals surface area contributed by atoms with Crippen molar-refractivity contribution in [2.45, 2.75) is 19.6 Å². The Morgan fingerprint density at radius 3 is 2.54 bits per heavy atom. The number of nitrogens with zero attached hydrogens (tertiary/aromatic N) is 3. The predicted molar refractivity (Wildman–Crippen MR) is 90.3 cm³/mol. The number of hydrogen-bond donors (Lipinski definition) is 2. The molecule has 0 radical (unpaired) electrons. The first-order chi connectivity index (χ1) is 12.3. The van der Waals surface area contributed by atoms with Crippen LogP contribution in [0, 0.1) is 6.92 Å². The normalized spacial score (nSPS) is 11.4. The Balaban J connectivity index is 1.75. The smallest absolute Gasteiger partial charge is 0.416 e. The van der Waals surface area contributed by atoms with Crippen LogP contribution in [0.25, 0.3) is 0 Å². The summed E-state index contributed by atoms with van der Waals surface area (Å²) in [5.41, 5.74) is -0.608. The molecule has 1 aromatic carbocycles. The number of anilines is 3. The van der Waals surface area contributed by atoms with E-state index in [1.165, 1.54) is 12.1 Å². The van der Waals surface area contributed by atoms with Gasteiger partial charge < -0.3 is 15.1 Å². The molecule has 0 atom stereocenters. The summed E-state index contributed by atoms with van der Waals surface area (Å²) in [6.45, 7) is 2.14. The van der Waals surface area contributed by atoms with E-state index < -0.39 is 11.7 Å². The van der Waals surface area contributed by atoms with Gasteiger partial charge in [-0.1, -0.05) is 6.07 Å². The standard InChI is InChI=1S/C16H13ClF3N5O/c1-9-5-6-12(26-9)8-21-14-23-13(17)24-15(25-14)22-11-4-2-3-10(7-11)16(18,19)20/h2-7H,8H2,1H3,(H2,21,22,23,24,25).